The fourth-order valence-corrected chi connectivity index (χ4v) is 2.44. The molecule has 6 heteroatoms. The van der Waals surface area contributed by atoms with Crippen molar-refractivity contribution in [2.75, 3.05) is 5.32 Å². The maximum atomic E-state index is 12.4. The number of nitrogens with one attached hydrogen (secondary N) is 1. The van der Waals surface area contributed by atoms with Crippen molar-refractivity contribution >= 4 is 11.6 Å². The number of carbonyl (C=O) groups is 1. The summed E-state index contributed by atoms with van der Waals surface area (Å²) in [6.07, 6.45) is 1.35. The maximum absolute atomic E-state index is 12.4. The number of aryl methyl sites for hydroxylation is 2. The number of ether oxygens (including phenoxy) is 1. The Morgan fingerprint density at radius 1 is 1.04 bits per heavy atom. The van der Waals surface area contributed by atoms with E-state index < -0.39 is 5.91 Å². The first kappa shape index (κ1) is 17.7. The third-order valence-corrected chi connectivity index (χ3v) is 3.63. The van der Waals surface area contributed by atoms with Crippen LogP contribution in [0, 0.1) is 0 Å². The lowest BCUT2D eigenvalue weighted by Gasteiger charge is -2.13. The number of benzene rings is 2. The van der Waals surface area contributed by atoms with Gasteiger partial charge in [0.1, 0.15) is 5.75 Å². The van der Waals surface area contributed by atoms with Crippen molar-refractivity contribution in [3.05, 3.63) is 71.9 Å². The Kier molecular flexibility index (Phi) is 5.63. The SMILES string of the molecule is CC(C)Oc1ccccc1NC(=O)c1nnc(CCc2ccccc2)o1. The van der Waals surface area contributed by atoms with Crippen molar-refractivity contribution in [1.82, 2.24) is 10.2 Å². The average Bonchev–Trinajstić information content (AvgIpc) is 3.11. The topological polar surface area (TPSA) is 77.2 Å². The van der Waals surface area contributed by atoms with E-state index in [1.54, 1.807) is 12.1 Å². The summed E-state index contributed by atoms with van der Waals surface area (Å²) in [5, 5.41) is 10.6. The van der Waals surface area contributed by atoms with Gasteiger partial charge in [0.25, 0.3) is 0 Å². The zero-order chi connectivity index (χ0) is 18.4. The molecule has 0 radical (unpaired) electrons. The molecule has 3 aromatic rings. The van der Waals surface area contributed by atoms with E-state index in [0.717, 1.165) is 6.42 Å². The minimum atomic E-state index is -0.455. The van der Waals surface area contributed by atoms with Crippen molar-refractivity contribution in [1.29, 1.82) is 0 Å². The molecule has 6 nitrogen and oxygen atoms in total. The van der Waals surface area contributed by atoms with E-state index in [9.17, 15) is 4.79 Å². The Labute approximate surface area is 152 Å². The summed E-state index contributed by atoms with van der Waals surface area (Å²) >= 11 is 0. The van der Waals surface area contributed by atoms with Crippen molar-refractivity contribution in [2.45, 2.75) is 32.8 Å². The molecular formula is C20H21N3O3. The first-order valence-electron chi connectivity index (χ1n) is 8.55. The molecule has 26 heavy (non-hydrogen) atoms. The molecule has 134 valence electrons. The fourth-order valence-electron chi connectivity index (χ4n) is 2.44. The maximum Gasteiger partial charge on any atom is 0.313 e. The van der Waals surface area contributed by atoms with Gasteiger partial charge in [-0.2, -0.15) is 0 Å². The average molecular weight is 351 g/mol. The lowest BCUT2D eigenvalue weighted by atomic mass is 10.1. The molecule has 1 N–H and O–H groups in total. The van der Waals surface area contributed by atoms with Crippen LogP contribution in [0.5, 0.6) is 5.75 Å². The molecule has 1 heterocycles. The first-order valence-corrected chi connectivity index (χ1v) is 8.55. The van der Waals surface area contributed by atoms with Crippen LogP contribution in [0.2, 0.25) is 0 Å². The fraction of sp³-hybridized carbons (Fsp3) is 0.250. The highest BCUT2D eigenvalue weighted by Gasteiger charge is 2.17. The Bertz CT molecular complexity index is 860. The van der Waals surface area contributed by atoms with E-state index in [0.29, 0.717) is 23.7 Å². The van der Waals surface area contributed by atoms with Crippen LogP contribution >= 0.6 is 0 Å². The largest absolute Gasteiger partial charge is 0.489 e. The highest BCUT2D eigenvalue weighted by Crippen LogP contribution is 2.25. The van der Waals surface area contributed by atoms with Gasteiger partial charge >= 0.3 is 11.8 Å². The van der Waals surface area contributed by atoms with Crippen LogP contribution in [-0.2, 0) is 12.8 Å². The molecule has 0 fully saturated rings. The molecule has 0 bridgehead atoms. The number of para-hydroxylation sites is 2. The molecule has 1 amide bonds. The lowest BCUT2D eigenvalue weighted by molar-refractivity contribution is 0.0987. The second-order valence-electron chi connectivity index (χ2n) is 6.10. The predicted octanol–water partition coefficient (Wildman–Crippen LogP) is 3.89. The highest BCUT2D eigenvalue weighted by atomic mass is 16.5. The molecule has 0 aliphatic rings. The van der Waals surface area contributed by atoms with Crippen LogP contribution in [0.3, 0.4) is 0 Å². The van der Waals surface area contributed by atoms with Crippen LogP contribution in [0.4, 0.5) is 5.69 Å². The Hall–Kier alpha value is -3.15. The van der Waals surface area contributed by atoms with Gasteiger partial charge in [-0.1, -0.05) is 42.5 Å². The molecular weight excluding hydrogens is 330 g/mol. The van der Waals surface area contributed by atoms with Gasteiger partial charge in [0.15, 0.2) is 0 Å². The molecule has 1 aromatic heterocycles. The Morgan fingerprint density at radius 2 is 1.77 bits per heavy atom. The smallest absolute Gasteiger partial charge is 0.313 e. The molecule has 2 aromatic carbocycles. The van der Waals surface area contributed by atoms with Crippen LogP contribution in [-0.4, -0.2) is 22.2 Å². The molecule has 0 saturated carbocycles. The minimum Gasteiger partial charge on any atom is -0.489 e. The van der Waals surface area contributed by atoms with Gasteiger partial charge in [-0.15, -0.1) is 10.2 Å². The first-order chi connectivity index (χ1) is 12.6. The summed E-state index contributed by atoms with van der Waals surface area (Å²) in [7, 11) is 0. The highest BCUT2D eigenvalue weighted by molar-refractivity contribution is 6.01. The van der Waals surface area contributed by atoms with Crippen molar-refractivity contribution in [2.24, 2.45) is 0 Å². The van der Waals surface area contributed by atoms with E-state index in [1.165, 1.54) is 5.56 Å². The summed E-state index contributed by atoms with van der Waals surface area (Å²) in [6.45, 7) is 3.85. The van der Waals surface area contributed by atoms with Crippen LogP contribution in [0.25, 0.3) is 0 Å². The van der Waals surface area contributed by atoms with Crippen molar-refractivity contribution in [3.8, 4) is 5.75 Å². The van der Waals surface area contributed by atoms with Crippen molar-refractivity contribution in [3.63, 3.8) is 0 Å². The minimum absolute atomic E-state index is 0.000968. The zero-order valence-corrected chi connectivity index (χ0v) is 14.8. The van der Waals surface area contributed by atoms with E-state index in [2.05, 4.69) is 15.5 Å². The molecule has 0 aliphatic carbocycles. The molecule has 3 rings (SSSR count). The number of hydrogen-bond donors (Lipinski definition) is 1. The van der Waals surface area contributed by atoms with Crippen LogP contribution in [0.15, 0.2) is 59.0 Å². The van der Waals surface area contributed by atoms with Gasteiger partial charge in [-0.3, -0.25) is 4.79 Å². The summed E-state index contributed by atoms with van der Waals surface area (Å²) in [5.74, 6) is 0.515. The number of amides is 1. The molecule has 0 spiro atoms. The number of hydrogen-bond acceptors (Lipinski definition) is 5. The summed E-state index contributed by atoms with van der Waals surface area (Å²) in [5.41, 5.74) is 1.74. The third kappa shape index (κ3) is 4.69. The van der Waals surface area contributed by atoms with Gasteiger partial charge in [0.05, 0.1) is 11.8 Å². The Morgan fingerprint density at radius 3 is 2.54 bits per heavy atom. The van der Waals surface area contributed by atoms with Gasteiger partial charge < -0.3 is 14.5 Å². The molecule has 0 saturated heterocycles. The number of rotatable bonds is 7. The normalized spacial score (nSPS) is 10.7. The van der Waals surface area contributed by atoms with Crippen molar-refractivity contribution < 1.29 is 13.9 Å². The van der Waals surface area contributed by atoms with Gasteiger partial charge in [-0.25, -0.2) is 0 Å². The van der Waals surface area contributed by atoms with Crippen LogP contribution < -0.4 is 10.1 Å². The predicted molar refractivity (Wildman–Crippen MR) is 98.3 cm³/mol. The van der Waals surface area contributed by atoms with E-state index in [1.807, 2.05) is 56.3 Å². The molecule has 0 aliphatic heterocycles. The van der Waals surface area contributed by atoms with E-state index in [-0.39, 0.29) is 12.0 Å². The van der Waals surface area contributed by atoms with Gasteiger partial charge in [0.2, 0.25) is 5.89 Å². The van der Waals surface area contributed by atoms with E-state index >= 15 is 0 Å². The third-order valence-electron chi connectivity index (χ3n) is 3.63. The van der Waals surface area contributed by atoms with Crippen LogP contribution in [0.1, 0.15) is 36.0 Å². The Balaban J connectivity index is 1.63. The molecule has 0 atom stereocenters. The lowest BCUT2D eigenvalue weighted by Crippen LogP contribution is -2.14. The monoisotopic (exact) mass is 351 g/mol. The van der Waals surface area contributed by atoms with Gasteiger partial charge in [-0.05, 0) is 38.0 Å². The summed E-state index contributed by atoms with van der Waals surface area (Å²) in [4.78, 5) is 12.4. The summed E-state index contributed by atoms with van der Waals surface area (Å²) < 4.78 is 11.2. The zero-order valence-electron chi connectivity index (χ0n) is 14.8. The molecule has 0 unspecified atom stereocenters. The number of nitrogens with zero attached hydrogens (tertiary/aromatic N) is 2. The van der Waals surface area contributed by atoms with Gasteiger partial charge in [0, 0.05) is 6.42 Å². The summed E-state index contributed by atoms with van der Waals surface area (Å²) in [6, 6.07) is 17.3. The van der Waals surface area contributed by atoms with E-state index in [4.69, 9.17) is 9.15 Å². The quantitative estimate of drug-likeness (QED) is 0.699. The number of anilines is 1. The second kappa shape index (κ2) is 8.29. The second-order valence-corrected chi connectivity index (χ2v) is 6.10. The number of aromatic nitrogens is 2. The number of carbonyl (C=O) groups excluding carboxylic acids is 1. The standard InChI is InChI=1S/C20H21N3O3/c1-14(2)25-17-11-7-6-10-16(17)21-19(24)20-23-22-18(26-20)13-12-15-8-4-3-5-9-15/h3-11,14H,12-13H2,1-2H3,(H,21,24).